The molecule has 3 aromatic rings. The molecule has 0 saturated heterocycles. The standard InChI is InChI=1S/C38H66N6O9.C33H55N7O7.C29H49N5O5/c1-9-20-50-22-24-52-25-23-51-21-16-33(46)42-34(28(2)3)32(45)26-30(11-10-17-40-36(39)48)35(47)41-31-14-12-29(13-15-31)27-53-37(49)43(7)18-19-44(8)38(4,5)6;1-22(2)29(38-28(43)15-14-26(41)20-34)27(42)19-24(9-8-16-36-31(35)45)30(44)37-25-12-10-23(11-13-25)21-47-32(46)39(6)17-18-40(7)33(3,4)5;1-20(2)21(3)25(35)18-23(10-9-15-31-27(30)37)26(36)32-24-13-11-22(12-14-24)19-39-28(38)33(7)16-17-34(8)29(4,5)6/h12-15,28,30,34H,9-11,16-27H2,1-8H3,(H,41,47)(H,42,46)(H3,39,40,48);10-13,22,24,29H,8-9,14-21,34H2,1-7H3,(H,37,44)(H,38,43)(H3,35,36,45);11-14,20-21,23H,9-10,15-19H2,1-8H3,(H,32,36)(H3,30,31,37)/t30-,34+;24-,29+;21-,23+/m110/s1. The molecule has 0 aliphatic heterocycles. The number of carbonyl (C=O) groups is 15. The topological polar surface area (TPSA) is 531 Å². The van der Waals surface area contributed by atoms with Crippen LogP contribution in [-0.2, 0) is 91.4 Å². The lowest BCUT2D eigenvalue weighted by Gasteiger charge is -2.33. The zero-order valence-electron chi connectivity index (χ0n) is 87.3. The largest absolute Gasteiger partial charge is 0.445 e. The van der Waals surface area contributed by atoms with Gasteiger partial charge in [-0.3, -0.25) is 57.9 Å². The van der Waals surface area contributed by atoms with Gasteiger partial charge < -0.3 is 109 Å². The minimum absolute atomic E-state index is 0.00964. The molecule has 0 fully saturated rings. The Morgan fingerprint density at radius 3 is 0.906 bits per heavy atom. The van der Waals surface area contributed by atoms with E-state index in [0.29, 0.717) is 121 Å². The van der Waals surface area contributed by atoms with Crippen molar-refractivity contribution in [3.8, 4) is 0 Å². The van der Waals surface area contributed by atoms with Crippen molar-refractivity contribution in [2.45, 2.75) is 250 Å². The van der Waals surface area contributed by atoms with Crippen molar-refractivity contribution < 1.29 is 100 Å². The number of likely N-dealkylation sites (N-methyl/N-ethyl adjacent to an activating group) is 6. The normalized spacial score (nSPS) is 12.8. The lowest BCUT2D eigenvalue weighted by atomic mass is 9.86. The number of rotatable bonds is 62. The molecular formula is C100H170N18O21. The molecule has 0 bridgehead atoms. The highest BCUT2D eigenvalue weighted by Gasteiger charge is 2.34. The second-order valence-corrected chi connectivity index (χ2v) is 39.1. The van der Waals surface area contributed by atoms with E-state index in [-0.39, 0.29) is 172 Å². The second kappa shape index (κ2) is 67.4. The number of urea groups is 3. The third kappa shape index (κ3) is 56.8. The van der Waals surface area contributed by atoms with E-state index in [0.717, 1.165) is 29.7 Å². The van der Waals surface area contributed by atoms with E-state index in [1.165, 1.54) is 9.80 Å². The Balaban J connectivity index is 0.00000105. The molecule has 0 radical (unpaired) electrons. The first-order valence-electron chi connectivity index (χ1n) is 48.3. The molecule has 39 heteroatoms. The van der Waals surface area contributed by atoms with Crippen molar-refractivity contribution in [2.24, 2.45) is 64.4 Å². The van der Waals surface area contributed by atoms with Crippen LogP contribution < -0.4 is 65.5 Å². The highest BCUT2D eigenvalue weighted by atomic mass is 16.6. The van der Waals surface area contributed by atoms with Gasteiger partial charge in [0.2, 0.25) is 29.5 Å². The van der Waals surface area contributed by atoms with Gasteiger partial charge in [-0.25, -0.2) is 28.8 Å². The predicted octanol–water partition coefficient (Wildman–Crippen LogP) is 10.6. The summed E-state index contributed by atoms with van der Waals surface area (Å²) < 4.78 is 32.6. The Hall–Kier alpha value is -11.0. The van der Waals surface area contributed by atoms with Gasteiger partial charge in [-0.2, -0.15) is 0 Å². The summed E-state index contributed by atoms with van der Waals surface area (Å²) in [5.74, 6) is -5.09. The van der Waals surface area contributed by atoms with Crippen LogP contribution in [0, 0.1) is 41.4 Å². The molecule has 3 aromatic carbocycles. The maximum absolute atomic E-state index is 13.5. The van der Waals surface area contributed by atoms with Crippen LogP contribution in [0.25, 0.3) is 0 Å². The van der Waals surface area contributed by atoms with Crippen LogP contribution in [-0.4, -0.2) is 295 Å². The van der Waals surface area contributed by atoms with Crippen molar-refractivity contribution in [1.82, 2.24) is 56.0 Å². The third-order valence-electron chi connectivity index (χ3n) is 23.6. The summed E-state index contributed by atoms with van der Waals surface area (Å²) in [6.07, 6.45) is 1.83. The number of nitrogens with two attached hydrogens (primary N) is 4. The quantitative estimate of drug-likeness (QED) is 0.0184. The summed E-state index contributed by atoms with van der Waals surface area (Å²) in [7, 11) is 11.1. The third-order valence-corrected chi connectivity index (χ3v) is 23.6. The summed E-state index contributed by atoms with van der Waals surface area (Å²) >= 11 is 0. The number of benzene rings is 3. The monoisotopic (exact) mass is 1960 g/mol. The molecule has 0 heterocycles. The Bertz CT molecular complexity index is 4220. The van der Waals surface area contributed by atoms with Gasteiger partial charge in [0.15, 0.2) is 11.6 Å². The molecule has 39 nitrogen and oxygen atoms in total. The molecule has 786 valence electrons. The molecule has 16 N–H and O–H groups in total. The fourth-order valence-corrected chi connectivity index (χ4v) is 12.9. The molecule has 3 rings (SSSR count). The van der Waals surface area contributed by atoms with E-state index in [1.54, 1.807) is 113 Å². The molecule has 139 heavy (non-hydrogen) atoms. The number of nitrogens with one attached hydrogen (secondary N) is 8. The van der Waals surface area contributed by atoms with E-state index < -0.39 is 78.0 Å². The number of hydrogen-bond donors (Lipinski definition) is 12. The maximum atomic E-state index is 13.5. The van der Waals surface area contributed by atoms with Crippen LogP contribution >= 0.6 is 0 Å². The summed E-state index contributed by atoms with van der Waals surface area (Å²) in [6, 6.07) is 17.1. The Morgan fingerprint density at radius 2 is 0.640 bits per heavy atom. The van der Waals surface area contributed by atoms with Crippen LogP contribution in [0.4, 0.5) is 45.8 Å². The van der Waals surface area contributed by atoms with Crippen LogP contribution in [0.5, 0.6) is 0 Å². The van der Waals surface area contributed by atoms with Crippen molar-refractivity contribution in [3.63, 3.8) is 0 Å². The van der Waals surface area contributed by atoms with Crippen LogP contribution in [0.3, 0.4) is 0 Å². The number of Topliss-reactive ketones (excluding diaryl/α,β-unsaturated/α-hetero) is 4. The summed E-state index contributed by atoms with van der Waals surface area (Å²) in [6.45, 7) is 41.3. The minimum atomic E-state index is -0.852. The fraction of sp³-hybridized carbons (Fsp3) is 0.670. The molecule has 0 aliphatic carbocycles. The van der Waals surface area contributed by atoms with Gasteiger partial charge in [-0.15, -0.1) is 0 Å². The molecule has 14 amide bonds. The first kappa shape index (κ1) is 126. The number of amides is 14. The zero-order chi connectivity index (χ0) is 105. The number of anilines is 3. The lowest BCUT2D eigenvalue weighted by Crippen LogP contribution is -2.45. The van der Waals surface area contributed by atoms with Crippen LogP contribution in [0.15, 0.2) is 72.8 Å². The maximum Gasteiger partial charge on any atom is 0.409 e. The van der Waals surface area contributed by atoms with Gasteiger partial charge in [-0.1, -0.05) is 91.8 Å². The SMILES string of the molecule is CC(C)[C@H](C)C(=O)C[C@@H](CCCNC(N)=O)C(=O)Nc1ccc(COC(=O)N(C)CCN(C)C(C)(C)C)cc1.CC(C)[C@H](NC(=O)CCC(=O)CN)C(=O)C[C@@H](CCCNC(N)=O)C(=O)Nc1ccc(COC(=O)N(C)CCN(C)C(C)(C)C)cc1.CCCOCCOCCOCCC(=O)N[C@H](C(=O)C[C@@H](CCCNC(N)=O)C(=O)Nc1ccc(COC(=O)N(C)CCN(C)C(C)(C)C)cc1)C(C)C. The molecule has 6 atom stereocenters. The highest BCUT2D eigenvalue weighted by molar-refractivity contribution is 5.99. The van der Waals surface area contributed by atoms with E-state index in [9.17, 15) is 71.9 Å². The van der Waals surface area contributed by atoms with E-state index >= 15 is 0 Å². The Labute approximate surface area is 825 Å². The Kier molecular flexibility index (Phi) is 61.1. The molecule has 0 aliphatic rings. The number of ether oxygens (including phenoxy) is 6. The number of hydrogen-bond acceptors (Lipinski definition) is 25. The fourth-order valence-electron chi connectivity index (χ4n) is 12.9. The summed E-state index contributed by atoms with van der Waals surface area (Å²) in [4.78, 5) is 198. The number of nitrogens with zero attached hydrogens (tertiary/aromatic N) is 6. The van der Waals surface area contributed by atoms with Crippen molar-refractivity contribution in [3.05, 3.63) is 89.5 Å². The van der Waals surface area contributed by atoms with E-state index in [1.807, 2.05) is 62.7 Å². The smallest absolute Gasteiger partial charge is 0.409 e. The summed E-state index contributed by atoms with van der Waals surface area (Å²) in [5, 5.41) is 21.6. The van der Waals surface area contributed by atoms with Gasteiger partial charge in [0.05, 0.1) is 51.7 Å². The van der Waals surface area contributed by atoms with Gasteiger partial charge in [0.25, 0.3) is 0 Å². The average Bonchev–Trinajstić information content (AvgIpc) is 0.864. The minimum Gasteiger partial charge on any atom is -0.445 e. The van der Waals surface area contributed by atoms with E-state index in [4.69, 9.17) is 51.4 Å². The zero-order valence-corrected chi connectivity index (χ0v) is 87.3. The average molecular weight is 1960 g/mol. The molecule has 0 unspecified atom stereocenters. The van der Waals surface area contributed by atoms with Crippen LogP contribution in [0.2, 0.25) is 0 Å². The van der Waals surface area contributed by atoms with E-state index in [2.05, 4.69) is 120 Å². The van der Waals surface area contributed by atoms with Crippen molar-refractivity contribution in [1.29, 1.82) is 0 Å². The second-order valence-electron chi connectivity index (χ2n) is 39.1. The molecule has 0 aromatic heterocycles. The van der Waals surface area contributed by atoms with Gasteiger partial charge in [0.1, 0.15) is 31.4 Å². The van der Waals surface area contributed by atoms with Crippen molar-refractivity contribution in [2.75, 3.05) is 163 Å². The van der Waals surface area contributed by atoms with Gasteiger partial charge in [0, 0.05) is 183 Å². The van der Waals surface area contributed by atoms with Gasteiger partial charge in [-0.05, 0) is 199 Å². The molecule has 0 spiro atoms. The first-order chi connectivity index (χ1) is 65.1. The van der Waals surface area contributed by atoms with Crippen LogP contribution in [0.1, 0.15) is 218 Å². The summed E-state index contributed by atoms with van der Waals surface area (Å²) in [5.41, 5.74) is 24.6. The first-order valence-corrected chi connectivity index (χ1v) is 48.3. The van der Waals surface area contributed by atoms with Crippen molar-refractivity contribution >= 4 is 106 Å². The predicted molar refractivity (Wildman–Crippen MR) is 539 cm³/mol. The number of carbonyl (C=O) groups excluding carboxylic acids is 15. The highest BCUT2D eigenvalue weighted by Crippen LogP contribution is 2.26. The Morgan fingerprint density at radius 1 is 0.360 bits per heavy atom. The number of primary amides is 3. The molecule has 0 saturated carbocycles. The lowest BCUT2D eigenvalue weighted by molar-refractivity contribution is -0.131. The van der Waals surface area contributed by atoms with Gasteiger partial charge >= 0.3 is 36.4 Å². The molecular weight excluding hydrogens is 1790 g/mol. The number of ketones is 4.